The van der Waals surface area contributed by atoms with Gasteiger partial charge in [0.2, 0.25) is 0 Å². The van der Waals surface area contributed by atoms with Gasteiger partial charge in [0.05, 0.1) is 16.3 Å². The molecule has 0 atom stereocenters. The average Bonchev–Trinajstić information content (AvgIpc) is 3.27. The molecule has 118 valence electrons. The molecular formula is C20H14ClNOS. The van der Waals surface area contributed by atoms with Crippen molar-refractivity contribution in [2.24, 2.45) is 0 Å². The Bertz CT molecular complexity index is 971. The minimum absolute atomic E-state index is 0.386. The van der Waals surface area contributed by atoms with Crippen LogP contribution in [-0.2, 0) is 0 Å². The first-order valence-corrected chi connectivity index (χ1v) is 8.83. The third-order valence-corrected chi connectivity index (χ3v) is 4.90. The Morgan fingerprint density at radius 3 is 2.38 bits per heavy atom. The van der Waals surface area contributed by atoms with Gasteiger partial charge in [0, 0.05) is 11.1 Å². The van der Waals surface area contributed by atoms with Crippen LogP contribution in [0.3, 0.4) is 0 Å². The normalized spacial score (nSPS) is 10.9. The van der Waals surface area contributed by atoms with Crippen LogP contribution in [0.5, 0.6) is 0 Å². The summed E-state index contributed by atoms with van der Waals surface area (Å²) in [6.45, 7) is 2.08. The Morgan fingerprint density at radius 1 is 0.917 bits per heavy atom. The fraction of sp³-hybridized carbons (Fsp3) is 0.0500. The van der Waals surface area contributed by atoms with Crippen molar-refractivity contribution in [3.05, 3.63) is 76.8 Å². The number of aryl methyl sites for hydroxylation is 1. The quantitative estimate of drug-likeness (QED) is 0.410. The Balaban J connectivity index is 1.89. The van der Waals surface area contributed by atoms with E-state index >= 15 is 0 Å². The highest BCUT2D eigenvalue weighted by atomic mass is 35.5. The number of benzene rings is 1. The second-order valence-electron chi connectivity index (χ2n) is 5.57. The largest absolute Gasteiger partial charge is 0.445 e. The van der Waals surface area contributed by atoms with Crippen LogP contribution in [0.2, 0.25) is 5.22 Å². The lowest BCUT2D eigenvalue weighted by Gasteiger charge is -2.08. The summed E-state index contributed by atoms with van der Waals surface area (Å²) in [6.07, 6.45) is 0. The lowest BCUT2D eigenvalue weighted by molar-refractivity contribution is 0.584. The summed E-state index contributed by atoms with van der Waals surface area (Å²) < 4.78 is 5.59. The maximum absolute atomic E-state index is 5.94. The van der Waals surface area contributed by atoms with Crippen LogP contribution in [0.25, 0.3) is 33.2 Å². The van der Waals surface area contributed by atoms with Gasteiger partial charge < -0.3 is 4.42 Å². The third-order valence-electron chi connectivity index (χ3n) is 3.80. The number of halogens is 1. The van der Waals surface area contributed by atoms with E-state index in [0.29, 0.717) is 5.22 Å². The minimum atomic E-state index is 0.386. The summed E-state index contributed by atoms with van der Waals surface area (Å²) in [7, 11) is 0. The van der Waals surface area contributed by atoms with Crippen molar-refractivity contribution in [3.8, 4) is 33.2 Å². The average molecular weight is 352 g/mol. The topological polar surface area (TPSA) is 26.0 Å². The summed E-state index contributed by atoms with van der Waals surface area (Å²) in [6, 6.07) is 20.2. The van der Waals surface area contributed by atoms with Gasteiger partial charge in [0.1, 0.15) is 5.76 Å². The molecule has 0 aliphatic carbocycles. The maximum atomic E-state index is 5.94. The second kappa shape index (κ2) is 6.27. The summed E-state index contributed by atoms with van der Waals surface area (Å²) in [4.78, 5) is 5.97. The number of hydrogen-bond acceptors (Lipinski definition) is 3. The molecule has 0 radical (unpaired) electrons. The standard InChI is InChI=1S/C20H14ClNOS/c1-13-4-6-14(7-5-13)16-11-15(18-8-9-20(21)23-18)12-17(22-16)19-3-2-10-24-19/h2-12H,1H3. The zero-order valence-electron chi connectivity index (χ0n) is 13.0. The molecule has 0 amide bonds. The lowest BCUT2D eigenvalue weighted by Crippen LogP contribution is -1.89. The van der Waals surface area contributed by atoms with E-state index in [1.54, 1.807) is 17.4 Å². The molecule has 0 aliphatic heterocycles. The molecule has 24 heavy (non-hydrogen) atoms. The van der Waals surface area contributed by atoms with Crippen molar-refractivity contribution in [1.29, 1.82) is 0 Å². The SMILES string of the molecule is Cc1ccc(-c2cc(-c3ccc(Cl)o3)cc(-c3cccs3)n2)cc1. The molecule has 0 saturated heterocycles. The van der Waals surface area contributed by atoms with Crippen molar-refractivity contribution in [3.63, 3.8) is 0 Å². The van der Waals surface area contributed by atoms with Crippen LogP contribution in [0.4, 0.5) is 0 Å². The molecule has 3 heterocycles. The Kier molecular flexibility index (Phi) is 3.97. The van der Waals surface area contributed by atoms with Gasteiger partial charge in [-0.05, 0) is 54.2 Å². The molecule has 4 heteroatoms. The fourth-order valence-electron chi connectivity index (χ4n) is 2.57. The number of thiophene rings is 1. The molecule has 0 fully saturated rings. The summed E-state index contributed by atoms with van der Waals surface area (Å²) in [5.41, 5.74) is 5.13. The smallest absolute Gasteiger partial charge is 0.193 e. The molecule has 0 bridgehead atoms. The number of aromatic nitrogens is 1. The first-order chi connectivity index (χ1) is 11.7. The van der Waals surface area contributed by atoms with Crippen LogP contribution >= 0.6 is 22.9 Å². The maximum Gasteiger partial charge on any atom is 0.193 e. The molecular weight excluding hydrogens is 338 g/mol. The van der Waals surface area contributed by atoms with E-state index in [1.165, 1.54) is 5.56 Å². The number of pyridine rings is 1. The highest BCUT2D eigenvalue weighted by molar-refractivity contribution is 7.13. The van der Waals surface area contributed by atoms with Crippen LogP contribution in [0.1, 0.15) is 5.56 Å². The molecule has 3 aromatic heterocycles. The van der Waals surface area contributed by atoms with Crippen molar-refractivity contribution < 1.29 is 4.42 Å². The predicted molar refractivity (Wildman–Crippen MR) is 100 cm³/mol. The van der Waals surface area contributed by atoms with Gasteiger partial charge >= 0.3 is 0 Å². The van der Waals surface area contributed by atoms with Crippen LogP contribution in [-0.4, -0.2) is 4.98 Å². The van der Waals surface area contributed by atoms with Gasteiger partial charge in [-0.2, -0.15) is 0 Å². The fourth-order valence-corrected chi connectivity index (χ4v) is 3.40. The first-order valence-electron chi connectivity index (χ1n) is 7.58. The highest BCUT2D eigenvalue weighted by Crippen LogP contribution is 2.33. The molecule has 0 N–H and O–H groups in total. The van der Waals surface area contributed by atoms with E-state index < -0.39 is 0 Å². The molecule has 0 spiro atoms. The van der Waals surface area contributed by atoms with E-state index in [9.17, 15) is 0 Å². The molecule has 4 aromatic rings. The van der Waals surface area contributed by atoms with Crippen molar-refractivity contribution in [1.82, 2.24) is 4.98 Å². The number of rotatable bonds is 3. The number of nitrogens with zero attached hydrogens (tertiary/aromatic N) is 1. The molecule has 2 nitrogen and oxygen atoms in total. The highest BCUT2D eigenvalue weighted by Gasteiger charge is 2.11. The summed E-state index contributed by atoms with van der Waals surface area (Å²) in [5, 5.41) is 2.44. The molecule has 0 unspecified atom stereocenters. The Hall–Kier alpha value is -2.36. The van der Waals surface area contributed by atoms with Crippen molar-refractivity contribution >= 4 is 22.9 Å². The minimum Gasteiger partial charge on any atom is -0.445 e. The molecule has 4 rings (SSSR count). The van der Waals surface area contributed by atoms with Crippen LogP contribution < -0.4 is 0 Å². The monoisotopic (exact) mass is 351 g/mol. The van der Waals surface area contributed by atoms with Gasteiger partial charge in [-0.3, -0.25) is 0 Å². The third kappa shape index (κ3) is 3.01. The number of furan rings is 1. The van der Waals surface area contributed by atoms with Gasteiger partial charge in [-0.25, -0.2) is 4.98 Å². The van der Waals surface area contributed by atoms with E-state index in [0.717, 1.165) is 33.2 Å². The van der Waals surface area contributed by atoms with Gasteiger partial charge in [-0.15, -0.1) is 11.3 Å². The molecule has 0 aliphatic rings. The number of hydrogen-bond donors (Lipinski definition) is 0. The molecule has 1 aromatic carbocycles. The Morgan fingerprint density at radius 2 is 1.71 bits per heavy atom. The predicted octanol–water partition coefficient (Wildman–Crippen LogP) is 6.70. The van der Waals surface area contributed by atoms with Gasteiger partial charge in [0.15, 0.2) is 5.22 Å². The Labute approximate surface area is 149 Å². The zero-order chi connectivity index (χ0) is 16.5. The van der Waals surface area contributed by atoms with Crippen LogP contribution in [0.15, 0.2) is 70.5 Å². The van der Waals surface area contributed by atoms with E-state index in [2.05, 4.69) is 42.6 Å². The van der Waals surface area contributed by atoms with Crippen molar-refractivity contribution in [2.45, 2.75) is 6.92 Å². The van der Waals surface area contributed by atoms with Gasteiger partial charge in [0.25, 0.3) is 0 Å². The second-order valence-corrected chi connectivity index (χ2v) is 6.89. The van der Waals surface area contributed by atoms with Gasteiger partial charge in [-0.1, -0.05) is 35.9 Å². The van der Waals surface area contributed by atoms with E-state index in [4.69, 9.17) is 21.0 Å². The zero-order valence-corrected chi connectivity index (χ0v) is 14.6. The van der Waals surface area contributed by atoms with Crippen molar-refractivity contribution in [2.75, 3.05) is 0 Å². The lowest BCUT2D eigenvalue weighted by atomic mass is 10.0. The van der Waals surface area contributed by atoms with Crippen LogP contribution in [0, 0.1) is 6.92 Å². The van der Waals surface area contributed by atoms with E-state index in [1.807, 2.05) is 24.3 Å². The first kappa shape index (κ1) is 15.2. The summed E-state index contributed by atoms with van der Waals surface area (Å²) >= 11 is 7.62. The summed E-state index contributed by atoms with van der Waals surface area (Å²) in [5.74, 6) is 0.744. The van der Waals surface area contributed by atoms with E-state index in [-0.39, 0.29) is 0 Å². The molecule has 0 saturated carbocycles.